The number of phosphoric ester groups is 2. The number of hydrogen-bond donors (Lipinski definition) is 5. The highest BCUT2D eigenvalue weighted by Gasteiger charge is 2.28. The molecule has 0 spiro atoms. The lowest BCUT2D eigenvalue weighted by Crippen LogP contribution is -2.30. The van der Waals surface area contributed by atoms with Gasteiger partial charge in [0.2, 0.25) is 0 Å². The molecule has 0 aliphatic carbocycles. The fourth-order valence-electron chi connectivity index (χ4n) is 5.08. The molecule has 344 valence electrons. The van der Waals surface area contributed by atoms with Gasteiger partial charge in [0.1, 0.15) is 12.7 Å². The molecule has 0 aromatic carbocycles. The van der Waals surface area contributed by atoms with Crippen molar-refractivity contribution < 1.29 is 66.7 Å². The minimum atomic E-state index is -4.88. The summed E-state index contributed by atoms with van der Waals surface area (Å²) < 4.78 is 47.6. The highest BCUT2D eigenvalue weighted by molar-refractivity contribution is 7.47. The first kappa shape index (κ1) is 57.3. The molecule has 60 heavy (non-hydrogen) atoms. The molecule has 4 atom stereocenters. The van der Waals surface area contributed by atoms with Crippen LogP contribution < -0.4 is 0 Å². The van der Waals surface area contributed by atoms with Gasteiger partial charge in [0.05, 0.1) is 25.9 Å². The van der Waals surface area contributed by atoms with Crippen molar-refractivity contribution in [2.24, 2.45) is 0 Å². The monoisotopic (exact) mass is 888 g/mol. The Morgan fingerprint density at radius 2 is 1.12 bits per heavy atom. The number of hydrogen-bond acceptors (Lipinski definition) is 11. The van der Waals surface area contributed by atoms with E-state index in [2.05, 4.69) is 59.4 Å². The summed E-state index contributed by atoms with van der Waals surface area (Å²) in [5.41, 5.74) is 0. The molecular weight excluding hydrogens is 814 g/mol. The number of ether oxygens (including phenoxy) is 2. The number of unbranched alkanes of at least 4 members (excludes halogenated alkanes) is 9. The van der Waals surface area contributed by atoms with Crippen LogP contribution in [0.4, 0.5) is 0 Å². The van der Waals surface area contributed by atoms with Crippen molar-refractivity contribution >= 4 is 27.6 Å². The molecule has 0 bridgehead atoms. The molecule has 5 N–H and O–H groups in total. The third-order valence-electron chi connectivity index (χ3n) is 8.34. The van der Waals surface area contributed by atoms with Gasteiger partial charge in [0.25, 0.3) is 0 Å². The average Bonchev–Trinajstić information content (AvgIpc) is 3.20. The summed E-state index contributed by atoms with van der Waals surface area (Å²) in [5.74, 6) is -1.16. The Balaban J connectivity index is 4.72. The van der Waals surface area contributed by atoms with Gasteiger partial charge < -0.3 is 34.4 Å². The van der Waals surface area contributed by atoms with E-state index in [0.717, 1.165) is 57.8 Å². The van der Waals surface area contributed by atoms with E-state index < -0.39 is 72.3 Å². The number of rotatable bonds is 39. The second-order valence-electron chi connectivity index (χ2n) is 14.1. The molecule has 0 amide bonds. The molecule has 0 aliphatic heterocycles. The van der Waals surface area contributed by atoms with Crippen LogP contribution in [-0.4, -0.2) is 81.6 Å². The number of phosphoric acid groups is 2. The van der Waals surface area contributed by atoms with Crippen LogP contribution in [0, 0.1) is 0 Å². The van der Waals surface area contributed by atoms with Gasteiger partial charge in [-0.15, -0.1) is 0 Å². The van der Waals surface area contributed by atoms with Gasteiger partial charge in [-0.2, -0.15) is 0 Å². The van der Waals surface area contributed by atoms with Crippen molar-refractivity contribution in [3.8, 4) is 0 Å². The summed E-state index contributed by atoms with van der Waals surface area (Å²) >= 11 is 0. The average molecular weight is 889 g/mol. The molecule has 0 saturated heterocycles. The lowest BCUT2D eigenvalue weighted by molar-refractivity contribution is -0.161. The first-order chi connectivity index (χ1) is 28.8. The second kappa shape index (κ2) is 39.1. The van der Waals surface area contributed by atoms with E-state index in [1.54, 1.807) is 12.2 Å². The van der Waals surface area contributed by atoms with E-state index in [0.29, 0.717) is 32.1 Å². The van der Waals surface area contributed by atoms with Crippen molar-refractivity contribution in [2.45, 2.75) is 154 Å². The molecule has 0 saturated carbocycles. The largest absolute Gasteiger partial charge is 0.472 e. The van der Waals surface area contributed by atoms with Crippen LogP contribution in [0.15, 0.2) is 85.1 Å². The maximum Gasteiger partial charge on any atom is 0.472 e. The molecule has 0 aromatic rings. The zero-order valence-corrected chi connectivity index (χ0v) is 37.7. The molecule has 0 fully saturated rings. The standard InChI is InChI=1S/C44H74O14P2/c1-3-5-7-9-11-12-13-14-15-16-17-18-23-27-31-35-44(48)58-42(39-57-60(52,53)56-37-41(46)36-55-59(49,50)51)38-54-43(47)34-30-26-22-20-19-21-25-29-33-40(45)32-28-24-10-8-6-4-2/h6,8,11-12,14-15,20-22,24-25,28-29,33,40-42,45-46H,3-5,7,9-10,13,16-19,23,26-27,30-32,34-39H2,1-2H3,(H,52,53)(H2,49,50,51)/b8-6-,12-11-,15-14-,22-20-,25-21-,28-24-,33-29+/t40?,41-,42+/m0/s1. The van der Waals surface area contributed by atoms with Crippen LogP contribution in [0.5, 0.6) is 0 Å². The summed E-state index contributed by atoms with van der Waals surface area (Å²) in [7, 11) is -9.72. The van der Waals surface area contributed by atoms with E-state index >= 15 is 0 Å². The Bertz CT molecular complexity index is 1400. The summed E-state index contributed by atoms with van der Waals surface area (Å²) in [6.07, 6.45) is 40.4. The Kier molecular flexibility index (Phi) is 37.3. The summed E-state index contributed by atoms with van der Waals surface area (Å²) in [5, 5.41) is 19.7. The number of aliphatic hydroxyl groups excluding tert-OH is 2. The van der Waals surface area contributed by atoms with Crippen molar-refractivity contribution in [1.82, 2.24) is 0 Å². The van der Waals surface area contributed by atoms with Gasteiger partial charge in [-0.25, -0.2) is 9.13 Å². The van der Waals surface area contributed by atoms with Crippen LogP contribution in [0.2, 0.25) is 0 Å². The minimum Gasteiger partial charge on any atom is -0.462 e. The summed E-state index contributed by atoms with van der Waals surface area (Å²) in [6, 6.07) is 0. The van der Waals surface area contributed by atoms with Crippen LogP contribution in [0.3, 0.4) is 0 Å². The number of carbonyl (C=O) groups excluding carboxylic acids is 2. The van der Waals surface area contributed by atoms with Gasteiger partial charge in [0.15, 0.2) is 6.10 Å². The smallest absolute Gasteiger partial charge is 0.462 e. The predicted octanol–water partition coefficient (Wildman–Crippen LogP) is 9.75. The number of allylic oxidation sites excluding steroid dienone is 12. The normalized spacial score (nSPS) is 15.4. The molecule has 0 heterocycles. The summed E-state index contributed by atoms with van der Waals surface area (Å²) in [4.78, 5) is 52.6. The molecular formula is C44H74O14P2. The van der Waals surface area contributed by atoms with Crippen molar-refractivity contribution in [3.05, 3.63) is 85.1 Å². The van der Waals surface area contributed by atoms with Gasteiger partial charge in [-0.1, -0.05) is 131 Å². The summed E-state index contributed by atoms with van der Waals surface area (Å²) in [6.45, 7) is 1.43. The first-order valence-electron chi connectivity index (χ1n) is 21.4. The molecule has 2 unspecified atom stereocenters. The molecule has 14 nitrogen and oxygen atoms in total. The van der Waals surface area contributed by atoms with Crippen LogP contribution in [0.1, 0.15) is 136 Å². The molecule has 0 aromatic heterocycles. The van der Waals surface area contributed by atoms with E-state index in [1.807, 2.05) is 36.5 Å². The zero-order valence-electron chi connectivity index (χ0n) is 35.9. The maximum atomic E-state index is 12.6. The van der Waals surface area contributed by atoms with Crippen LogP contribution in [-0.2, 0) is 41.8 Å². The fraction of sp³-hybridized carbons (Fsp3) is 0.636. The Morgan fingerprint density at radius 1 is 0.567 bits per heavy atom. The van der Waals surface area contributed by atoms with Crippen molar-refractivity contribution in [2.75, 3.05) is 26.4 Å². The fourth-order valence-corrected chi connectivity index (χ4v) is 6.24. The zero-order chi connectivity index (χ0) is 44.6. The van der Waals surface area contributed by atoms with E-state index in [-0.39, 0.29) is 12.8 Å². The van der Waals surface area contributed by atoms with Gasteiger partial charge in [0, 0.05) is 12.8 Å². The molecule has 0 rings (SSSR count). The van der Waals surface area contributed by atoms with Crippen LogP contribution >= 0.6 is 15.6 Å². The van der Waals surface area contributed by atoms with E-state index in [4.69, 9.17) is 23.8 Å². The lowest BCUT2D eigenvalue weighted by Gasteiger charge is -2.20. The Morgan fingerprint density at radius 3 is 1.78 bits per heavy atom. The predicted molar refractivity (Wildman–Crippen MR) is 236 cm³/mol. The Labute approximate surface area is 359 Å². The van der Waals surface area contributed by atoms with Gasteiger partial charge in [-0.3, -0.25) is 23.2 Å². The Hall–Kier alpha value is -2.74. The quantitative estimate of drug-likeness (QED) is 0.0128. The maximum absolute atomic E-state index is 12.6. The van der Waals surface area contributed by atoms with Gasteiger partial charge in [-0.05, 0) is 77.0 Å². The SMILES string of the molecule is CC/C=C\C/C=C\CC(O)/C=C/C=C\C/C=C\CCCC(=O)OC[C@H](COP(=O)(O)OC[C@@H](O)COP(=O)(O)O)OC(=O)CCCCCCC/C=C\C/C=C\CCCCC. The van der Waals surface area contributed by atoms with Crippen LogP contribution in [0.25, 0.3) is 0 Å². The van der Waals surface area contributed by atoms with Crippen molar-refractivity contribution in [3.63, 3.8) is 0 Å². The van der Waals surface area contributed by atoms with Crippen molar-refractivity contribution in [1.29, 1.82) is 0 Å². The lowest BCUT2D eigenvalue weighted by atomic mass is 10.1. The first-order valence-corrected chi connectivity index (χ1v) is 24.4. The second-order valence-corrected chi connectivity index (χ2v) is 16.8. The topological polar surface area (TPSA) is 216 Å². The highest BCUT2D eigenvalue weighted by atomic mass is 31.2. The number of aliphatic hydroxyl groups is 2. The highest BCUT2D eigenvalue weighted by Crippen LogP contribution is 2.43. The molecule has 0 radical (unpaired) electrons. The van der Waals surface area contributed by atoms with E-state index in [9.17, 15) is 33.8 Å². The number of esters is 2. The third kappa shape index (κ3) is 42.0. The van der Waals surface area contributed by atoms with E-state index in [1.165, 1.54) is 19.3 Å². The number of carbonyl (C=O) groups is 2. The molecule has 16 heteroatoms. The minimum absolute atomic E-state index is 0.0772. The van der Waals surface area contributed by atoms with Gasteiger partial charge >= 0.3 is 27.6 Å². The molecule has 0 aliphatic rings. The third-order valence-corrected chi connectivity index (χ3v) is 9.77.